The predicted octanol–water partition coefficient (Wildman–Crippen LogP) is 3.64. The van der Waals surface area contributed by atoms with Crippen LogP contribution in [0, 0.1) is 11.3 Å². The average molecular weight is 576 g/mol. The summed E-state index contributed by atoms with van der Waals surface area (Å²) in [6.45, 7) is 7.95. The summed E-state index contributed by atoms with van der Waals surface area (Å²) in [5.41, 5.74) is 4.67. The number of amides is 1. The highest BCUT2D eigenvalue weighted by Gasteiger charge is 2.36. The number of para-hydroxylation sites is 1. The van der Waals surface area contributed by atoms with Crippen molar-refractivity contribution in [1.29, 1.82) is 5.26 Å². The van der Waals surface area contributed by atoms with E-state index in [4.69, 9.17) is 26.3 Å². The Morgan fingerprint density at radius 1 is 1.20 bits per heavy atom. The molecule has 2 aromatic rings. The lowest BCUT2D eigenvalue weighted by atomic mass is 9.90. The SMILES string of the molecule is C=CC(=O)N1CCN(c2nc(OC[C@@H]3CCCN3C)nc3c2CC[C@@H](N2CCc4cccc(Cl)c42)C3)C[C@@H]1CC#N. The second kappa shape index (κ2) is 11.9. The zero-order valence-electron chi connectivity index (χ0n) is 23.8. The van der Waals surface area contributed by atoms with Gasteiger partial charge >= 0.3 is 6.01 Å². The molecule has 0 saturated carbocycles. The summed E-state index contributed by atoms with van der Waals surface area (Å²) in [4.78, 5) is 31.3. The van der Waals surface area contributed by atoms with Crippen LogP contribution in [0.5, 0.6) is 6.01 Å². The normalized spacial score (nSPS) is 24.1. The fraction of sp³-hybridized carbons (Fsp3) is 0.548. The van der Waals surface area contributed by atoms with Crippen LogP contribution >= 0.6 is 11.6 Å². The van der Waals surface area contributed by atoms with Crippen LogP contribution in [-0.4, -0.2) is 90.2 Å². The summed E-state index contributed by atoms with van der Waals surface area (Å²) in [5.74, 6) is 0.753. The Labute approximate surface area is 247 Å². The molecule has 2 fully saturated rings. The minimum absolute atomic E-state index is 0.133. The average Bonchev–Trinajstić information content (AvgIpc) is 3.61. The number of aromatic nitrogens is 2. The van der Waals surface area contributed by atoms with Crippen molar-refractivity contribution < 1.29 is 9.53 Å². The first-order valence-corrected chi connectivity index (χ1v) is 15.2. The van der Waals surface area contributed by atoms with Gasteiger partial charge < -0.3 is 24.3 Å². The highest BCUT2D eigenvalue weighted by atomic mass is 35.5. The Kier molecular flexibility index (Phi) is 8.05. The zero-order valence-corrected chi connectivity index (χ0v) is 24.5. The van der Waals surface area contributed by atoms with Crippen molar-refractivity contribution >= 4 is 29.0 Å². The highest BCUT2D eigenvalue weighted by Crippen LogP contribution is 2.40. The van der Waals surface area contributed by atoms with Crippen molar-refractivity contribution in [2.45, 2.75) is 63.1 Å². The van der Waals surface area contributed by atoms with Crippen LogP contribution in [0.2, 0.25) is 5.02 Å². The van der Waals surface area contributed by atoms with Gasteiger partial charge in [0, 0.05) is 50.2 Å². The van der Waals surface area contributed by atoms with E-state index in [1.807, 2.05) is 12.1 Å². The second-order valence-corrected chi connectivity index (χ2v) is 12.0. The summed E-state index contributed by atoms with van der Waals surface area (Å²) in [7, 11) is 2.14. The van der Waals surface area contributed by atoms with Gasteiger partial charge in [-0.05, 0) is 63.4 Å². The summed E-state index contributed by atoms with van der Waals surface area (Å²) < 4.78 is 6.29. The van der Waals surface area contributed by atoms with E-state index in [1.54, 1.807) is 4.90 Å². The first-order valence-electron chi connectivity index (χ1n) is 14.8. The highest BCUT2D eigenvalue weighted by molar-refractivity contribution is 6.33. The number of piperazine rings is 1. The van der Waals surface area contributed by atoms with E-state index in [9.17, 15) is 10.1 Å². The Bertz CT molecular complexity index is 1360. The van der Waals surface area contributed by atoms with Crippen molar-refractivity contribution in [2.75, 3.05) is 56.2 Å². The van der Waals surface area contributed by atoms with Gasteiger partial charge in [-0.2, -0.15) is 15.2 Å². The largest absolute Gasteiger partial charge is 0.462 e. The quantitative estimate of drug-likeness (QED) is 0.462. The number of likely N-dealkylation sites (tertiary alicyclic amines) is 1. The molecule has 1 aliphatic carbocycles. The van der Waals surface area contributed by atoms with E-state index in [0.717, 1.165) is 67.3 Å². The third kappa shape index (κ3) is 5.47. The molecule has 10 heteroatoms. The Morgan fingerprint density at radius 2 is 2.07 bits per heavy atom. The Balaban J connectivity index is 1.30. The van der Waals surface area contributed by atoms with Crippen molar-refractivity contribution in [3.8, 4) is 12.1 Å². The maximum Gasteiger partial charge on any atom is 0.318 e. The van der Waals surface area contributed by atoms with Crippen molar-refractivity contribution in [2.24, 2.45) is 0 Å². The third-order valence-electron chi connectivity index (χ3n) is 9.27. The van der Waals surface area contributed by atoms with Crippen molar-refractivity contribution in [3.63, 3.8) is 0 Å². The van der Waals surface area contributed by atoms with Crippen molar-refractivity contribution in [1.82, 2.24) is 19.8 Å². The van der Waals surface area contributed by atoms with Crippen LogP contribution in [0.25, 0.3) is 0 Å². The summed E-state index contributed by atoms with van der Waals surface area (Å²) in [6, 6.07) is 9.32. The molecule has 3 aliphatic heterocycles. The van der Waals surface area contributed by atoms with Gasteiger partial charge in [-0.15, -0.1) is 0 Å². The maximum absolute atomic E-state index is 12.5. The van der Waals surface area contributed by atoms with Gasteiger partial charge in [-0.1, -0.05) is 30.3 Å². The van der Waals surface area contributed by atoms with E-state index in [-0.39, 0.29) is 18.4 Å². The zero-order chi connectivity index (χ0) is 28.5. The topological polar surface area (TPSA) is 88.8 Å². The van der Waals surface area contributed by atoms with Gasteiger partial charge in [-0.3, -0.25) is 4.79 Å². The van der Waals surface area contributed by atoms with E-state index < -0.39 is 0 Å². The number of hydrogen-bond acceptors (Lipinski definition) is 8. The molecule has 41 heavy (non-hydrogen) atoms. The van der Waals surface area contributed by atoms with E-state index in [1.165, 1.54) is 23.7 Å². The standard InChI is InChI=1S/C31H38ClN7O2/c1-3-28(40)38-17-16-37(19-23(38)11-13-33)30-25-10-9-22(39-15-12-21-6-4-8-26(32)29(21)39)18-27(25)34-31(35-30)41-20-24-7-5-14-36(24)2/h3-4,6,8,22-24H,1,5,7,9-12,14-20H2,2H3/t22-,23+,24+/m1/s1. The van der Waals surface area contributed by atoms with Gasteiger partial charge in [0.1, 0.15) is 12.4 Å². The first-order chi connectivity index (χ1) is 20.0. The van der Waals surface area contributed by atoms with Gasteiger partial charge in [0.2, 0.25) is 5.91 Å². The molecule has 9 nitrogen and oxygen atoms in total. The molecule has 4 heterocycles. The molecule has 1 amide bonds. The number of carbonyl (C=O) groups is 1. The van der Waals surface area contributed by atoms with Crippen molar-refractivity contribution in [3.05, 3.63) is 52.7 Å². The number of likely N-dealkylation sites (N-methyl/N-ethyl adjacent to an activating group) is 1. The van der Waals surface area contributed by atoms with Crippen LogP contribution in [0.4, 0.5) is 11.5 Å². The molecule has 6 rings (SSSR count). The molecule has 0 radical (unpaired) electrons. The number of nitrogens with zero attached hydrogens (tertiary/aromatic N) is 7. The molecular weight excluding hydrogens is 538 g/mol. The summed E-state index contributed by atoms with van der Waals surface area (Å²) in [5, 5.41) is 10.3. The molecule has 4 aliphatic rings. The van der Waals surface area contributed by atoms with E-state index in [2.05, 4.69) is 40.5 Å². The number of benzene rings is 1. The predicted molar refractivity (Wildman–Crippen MR) is 160 cm³/mol. The minimum Gasteiger partial charge on any atom is -0.462 e. The molecule has 1 aromatic carbocycles. The molecule has 0 N–H and O–H groups in total. The van der Waals surface area contributed by atoms with Gasteiger partial charge in [0.15, 0.2) is 0 Å². The number of halogens is 1. The number of ether oxygens (including phenoxy) is 1. The smallest absolute Gasteiger partial charge is 0.318 e. The lowest BCUT2D eigenvalue weighted by Gasteiger charge is -2.42. The first kappa shape index (κ1) is 27.8. The fourth-order valence-electron chi connectivity index (χ4n) is 7.05. The monoisotopic (exact) mass is 575 g/mol. The maximum atomic E-state index is 12.5. The van der Waals surface area contributed by atoms with Crippen LogP contribution < -0.4 is 14.5 Å². The van der Waals surface area contributed by atoms with E-state index in [0.29, 0.717) is 44.3 Å². The molecule has 216 valence electrons. The molecule has 0 spiro atoms. The molecule has 2 saturated heterocycles. The van der Waals surface area contributed by atoms with Gasteiger partial charge in [-0.25, -0.2) is 0 Å². The van der Waals surface area contributed by atoms with Gasteiger partial charge in [0.05, 0.1) is 34.9 Å². The molecule has 0 bridgehead atoms. The van der Waals surface area contributed by atoms with Crippen LogP contribution in [0.1, 0.15) is 42.5 Å². The van der Waals surface area contributed by atoms with Gasteiger partial charge in [0.25, 0.3) is 0 Å². The van der Waals surface area contributed by atoms with Crippen LogP contribution in [-0.2, 0) is 24.1 Å². The third-order valence-corrected chi connectivity index (χ3v) is 9.58. The Hall–Kier alpha value is -3.35. The fourth-order valence-corrected chi connectivity index (χ4v) is 7.35. The number of fused-ring (bicyclic) bond motifs is 2. The number of carbonyl (C=O) groups excluding carboxylic acids is 1. The number of hydrogen-bond donors (Lipinski definition) is 0. The summed E-state index contributed by atoms with van der Waals surface area (Å²) in [6.07, 6.45) is 7.53. The molecular formula is C31H38ClN7O2. The number of nitriles is 1. The lowest BCUT2D eigenvalue weighted by Crippen LogP contribution is -2.55. The van der Waals surface area contributed by atoms with Crippen LogP contribution in [0.15, 0.2) is 30.9 Å². The van der Waals surface area contributed by atoms with E-state index >= 15 is 0 Å². The Morgan fingerprint density at radius 3 is 2.85 bits per heavy atom. The molecule has 0 unspecified atom stereocenters. The minimum atomic E-state index is -0.221. The van der Waals surface area contributed by atoms with Crippen LogP contribution in [0.3, 0.4) is 0 Å². The second-order valence-electron chi connectivity index (χ2n) is 11.6. The molecule has 1 aromatic heterocycles. The molecule has 3 atom stereocenters. The summed E-state index contributed by atoms with van der Waals surface area (Å²) >= 11 is 6.68. The number of anilines is 2. The number of rotatable bonds is 7. The lowest BCUT2D eigenvalue weighted by molar-refractivity contribution is -0.128.